The molecule has 0 aliphatic heterocycles. The minimum atomic E-state index is -0.419. The Labute approximate surface area is 131 Å². The van der Waals surface area contributed by atoms with E-state index in [0.29, 0.717) is 5.56 Å². The van der Waals surface area contributed by atoms with Gasteiger partial charge in [-0.05, 0) is 52.3 Å². The van der Waals surface area contributed by atoms with Gasteiger partial charge >= 0.3 is 0 Å². The van der Waals surface area contributed by atoms with Crippen molar-refractivity contribution in [1.29, 1.82) is 0 Å². The summed E-state index contributed by atoms with van der Waals surface area (Å²) in [4.78, 5) is 0. The normalized spacial score (nSPS) is 12.2. The number of hydrogen-bond donors (Lipinski definition) is 1. The lowest BCUT2D eigenvalue weighted by Gasteiger charge is -2.19. The topological polar surface area (TPSA) is 21.3 Å². The average molecular weight is 359 g/mol. The summed E-state index contributed by atoms with van der Waals surface area (Å²) in [6.45, 7) is 0. The van der Waals surface area contributed by atoms with Crippen LogP contribution in [0.4, 0.5) is 4.39 Å². The molecule has 1 unspecified atom stereocenters. The average Bonchev–Trinajstić information content (AvgIpc) is 2.44. The molecule has 0 amide bonds. The summed E-state index contributed by atoms with van der Waals surface area (Å²) in [5.41, 5.74) is 1.67. The van der Waals surface area contributed by atoms with Crippen LogP contribution in [0.15, 0.2) is 40.9 Å². The third-order valence-corrected chi connectivity index (χ3v) is 4.11. The molecule has 20 heavy (non-hydrogen) atoms. The molecule has 0 spiro atoms. The van der Waals surface area contributed by atoms with Gasteiger partial charge in [0.1, 0.15) is 11.6 Å². The van der Waals surface area contributed by atoms with Crippen LogP contribution < -0.4 is 10.1 Å². The number of methoxy groups -OCH3 is 1. The van der Waals surface area contributed by atoms with Crippen molar-refractivity contribution in [1.82, 2.24) is 5.32 Å². The van der Waals surface area contributed by atoms with E-state index in [0.717, 1.165) is 15.8 Å². The Balaban J connectivity index is 2.47. The summed E-state index contributed by atoms with van der Waals surface area (Å²) in [5, 5.41) is 3.29. The third-order valence-electron chi connectivity index (χ3n) is 3.09. The largest absolute Gasteiger partial charge is 0.496 e. The maximum Gasteiger partial charge on any atom is 0.142 e. The molecule has 0 heterocycles. The maximum absolute atomic E-state index is 13.6. The predicted molar refractivity (Wildman–Crippen MR) is 83.0 cm³/mol. The summed E-state index contributed by atoms with van der Waals surface area (Å²) in [6.07, 6.45) is 0. The highest BCUT2D eigenvalue weighted by Gasteiger charge is 2.18. The maximum atomic E-state index is 13.6. The molecular weight excluding hydrogens is 345 g/mol. The van der Waals surface area contributed by atoms with Crippen LogP contribution in [0.5, 0.6) is 5.75 Å². The van der Waals surface area contributed by atoms with E-state index < -0.39 is 5.82 Å². The third kappa shape index (κ3) is 2.97. The van der Waals surface area contributed by atoms with Crippen molar-refractivity contribution in [2.24, 2.45) is 0 Å². The number of halogens is 3. The van der Waals surface area contributed by atoms with Gasteiger partial charge in [-0.3, -0.25) is 0 Å². The highest BCUT2D eigenvalue weighted by atomic mass is 79.9. The Hall–Kier alpha value is -1.10. The van der Waals surface area contributed by atoms with Gasteiger partial charge in [0, 0.05) is 0 Å². The molecule has 0 saturated carbocycles. The second-order valence-corrected chi connectivity index (χ2v) is 5.49. The first kappa shape index (κ1) is 15.3. The highest BCUT2D eigenvalue weighted by Crippen LogP contribution is 2.33. The molecule has 5 heteroatoms. The molecular formula is C15H14BrClFNO. The molecule has 0 radical (unpaired) electrons. The number of ether oxygens (including phenoxy) is 1. The summed E-state index contributed by atoms with van der Waals surface area (Å²) < 4.78 is 19.6. The van der Waals surface area contributed by atoms with Crippen molar-refractivity contribution in [3.63, 3.8) is 0 Å². The Bertz CT molecular complexity index is 621. The molecule has 106 valence electrons. The summed E-state index contributed by atoms with van der Waals surface area (Å²) in [5.74, 6) is 0.325. The zero-order valence-electron chi connectivity index (χ0n) is 11.1. The Morgan fingerprint density at radius 2 is 2.05 bits per heavy atom. The Morgan fingerprint density at radius 3 is 2.65 bits per heavy atom. The summed E-state index contributed by atoms with van der Waals surface area (Å²) in [7, 11) is 3.42. The van der Waals surface area contributed by atoms with Gasteiger partial charge in [-0.15, -0.1) is 0 Å². The fourth-order valence-electron chi connectivity index (χ4n) is 2.11. The minimum absolute atomic E-state index is 0.138. The first-order valence-electron chi connectivity index (χ1n) is 6.03. The van der Waals surface area contributed by atoms with Gasteiger partial charge < -0.3 is 10.1 Å². The van der Waals surface area contributed by atoms with E-state index in [1.807, 2.05) is 31.3 Å². The van der Waals surface area contributed by atoms with E-state index in [4.69, 9.17) is 16.3 Å². The van der Waals surface area contributed by atoms with E-state index in [-0.39, 0.29) is 11.1 Å². The standard InChI is InChI=1S/C15H14BrClFNO/c1-19-15(10-4-3-5-12(18)14(10)17)9-6-7-13(20-2)11(16)8-9/h3-8,15,19H,1-2H3. The van der Waals surface area contributed by atoms with Gasteiger partial charge in [0.15, 0.2) is 0 Å². The van der Waals surface area contributed by atoms with Crippen molar-refractivity contribution in [2.75, 3.05) is 14.2 Å². The molecule has 0 aromatic heterocycles. The first-order chi connectivity index (χ1) is 9.58. The van der Waals surface area contributed by atoms with Gasteiger partial charge in [0.25, 0.3) is 0 Å². The van der Waals surface area contributed by atoms with Crippen molar-refractivity contribution < 1.29 is 9.13 Å². The molecule has 1 N–H and O–H groups in total. The SMILES string of the molecule is CNC(c1ccc(OC)c(Br)c1)c1cccc(F)c1Cl. The fraction of sp³-hybridized carbons (Fsp3) is 0.200. The van der Waals surface area contributed by atoms with Crippen LogP contribution >= 0.6 is 27.5 Å². The second kappa shape index (κ2) is 6.57. The molecule has 2 nitrogen and oxygen atoms in total. The molecule has 0 bridgehead atoms. The quantitative estimate of drug-likeness (QED) is 0.865. The van der Waals surface area contributed by atoms with Gasteiger partial charge in [-0.1, -0.05) is 29.8 Å². The van der Waals surface area contributed by atoms with Crippen molar-refractivity contribution >= 4 is 27.5 Å². The summed E-state index contributed by atoms with van der Waals surface area (Å²) in [6, 6.07) is 10.3. The lowest BCUT2D eigenvalue weighted by Crippen LogP contribution is -2.18. The molecule has 0 aliphatic rings. The van der Waals surface area contributed by atoms with E-state index in [1.54, 1.807) is 13.2 Å². The Morgan fingerprint density at radius 1 is 1.30 bits per heavy atom. The lowest BCUT2D eigenvalue weighted by atomic mass is 9.98. The molecule has 2 aromatic carbocycles. The van der Waals surface area contributed by atoms with Crippen LogP contribution in [0.3, 0.4) is 0 Å². The van der Waals surface area contributed by atoms with E-state index in [9.17, 15) is 4.39 Å². The molecule has 2 aromatic rings. The molecule has 2 rings (SSSR count). The minimum Gasteiger partial charge on any atom is -0.496 e. The van der Waals surface area contributed by atoms with Gasteiger partial charge in [-0.25, -0.2) is 4.39 Å². The monoisotopic (exact) mass is 357 g/mol. The molecule has 0 saturated heterocycles. The summed E-state index contributed by atoms with van der Waals surface area (Å²) >= 11 is 9.51. The van der Waals surface area contributed by atoms with Crippen molar-refractivity contribution in [3.05, 3.63) is 62.8 Å². The first-order valence-corrected chi connectivity index (χ1v) is 7.20. The van der Waals surface area contributed by atoms with Gasteiger partial charge in [0.05, 0.1) is 22.6 Å². The van der Waals surface area contributed by atoms with Crippen LogP contribution in [-0.4, -0.2) is 14.2 Å². The molecule has 0 aliphatic carbocycles. The van der Waals surface area contributed by atoms with E-state index in [2.05, 4.69) is 21.2 Å². The van der Waals surface area contributed by atoms with Crippen molar-refractivity contribution in [2.45, 2.75) is 6.04 Å². The number of nitrogens with one attached hydrogen (secondary N) is 1. The highest BCUT2D eigenvalue weighted by molar-refractivity contribution is 9.10. The predicted octanol–water partition coefficient (Wildman–Crippen LogP) is 4.56. The van der Waals surface area contributed by atoms with Crippen molar-refractivity contribution in [3.8, 4) is 5.75 Å². The van der Waals surface area contributed by atoms with E-state index >= 15 is 0 Å². The number of benzene rings is 2. The van der Waals surface area contributed by atoms with Gasteiger partial charge in [-0.2, -0.15) is 0 Å². The van der Waals surface area contributed by atoms with E-state index in [1.165, 1.54) is 6.07 Å². The van der Waals surface area contributed by atoms with Crippen LogP contribution in [-0.2, 0) is 0 Å². The fourth-order valence-corrected chi connectivity index (χ4v) is 2.90. The lowest BCUT2D eigenvalue weighted by molar-refractivity contribution is 0.412. The van der Waals surface area contributed by atoms with Gasteiger partial charge in [0.2, 0.25) is 0 Å². The van der Waals surface area contributed by atoms with Crippen LogP contribution in [0.25, 0.3) is 0 Å². The number of hydrogen-bond acceptors (Lipinski definition) is 2. The van der Waals surface area contributed by atoms with Crippen LogP contribution in [0.1, 0.15) is 17.2 Å². The van der Waals surface area contributed by atoms with Crippen LogP contribution in [0, 0.1) is 5.82 Å². The van der Waals surface area contributed by atoms with Crippen LogP contribution in [0.2, 0.25) is 5.02 Å². The Kier molecular flexibility index (Phi) is 5.02. The molecule has 1 atom stereocenters. The number of rotatable bonds is 4. The molecule has 0 fully saturated rings. The zero-order chi connectivity index (χ0) is 14.7. The smallest absolute Gasteiger partial charge is 0.142 e. The zero-order valence-corrected chi connectivity index (χ0v) is 13.4. The second-order valence-electron chi connectivity index (χ2n) is 4.26.